The van der Waals surface area contributed by atoms with Gasteiger partial charge in [0.1, 0.15) is 5.82 Å². The number of carbonyl (C=O) groups is 1. The number of benzene rings is 1. The van der Waals surface area contributed by atoms with Gasteiger partial charge < -0.3 is 16.0 Å². The second kappa shape index (κ2) is 8.74. The number of primary amides is 1. The maximum Gasteiger partial charge on any atom is 0.221 e. The number of nitrogens with two attached hydrogens (primary N) is 1. The smallest absolute Gasteiger partial charge is 0.221 e. The molecule has 2 aliphatic rings. The molecule has 5 heteroatoms. The number of aromatic nitrogens is 1. The number of hydrogen-bond donors (Lipinski definition) is 2. The van der Waals surface area contributed by atoms with Gasteiger partial charge >= 0.3 is 0 Å². The lowest BCUT2D eigenvalue weighted by molar-refractivity contribution is -0.117. The number of nitrogens with one attached hydrogen (secondary N) is 1. The average Bonchev–Trinajstić information content (AvgIpc) is 3.12. The fraction of sp³-hybridized carbons (Fsp3) is 0.478. The largest absolute Gasteiger partial charge is 0.369 e. The Labute approximate surface area is 168 Å². The van der Waals surface area contributed by atoms with Gasteiger partial charge in [-0.15, -0.1) is 0 Å². The van der Waals surface area contributed by atoms with Gasteiger partial charge in [0.05, 0.1) is 6.42 Å². The summed E-state index contributed by atoms with van der Waals surface area (Å²) >= 11 is 0. The first-order valence-electron chi connectivity index (χ1n) is 9.94. The van der Waals surface area contributed by atoms with Gasteiger partial charge in [-0.1, -0.05) is 31.7 Å². The van der Waals surface area contributed by atoms with Gasteiger partial charge in [0.15, 0.2) is 0 Å². The molecular formula is C23H32N4O. The van der Waals surface area contributed by atoms with Crippen molar-refractivity contribution in [2.24, 2.45) is 5.73 Å². The zero-order valence-electron chi connectivity index (χ0n) is 16.0. The van der Waals surface area contributed by atoms with Crippen molar-refractivity contribution in [3.05, 3.63) is 58.3 Å². The Hall–Kier alpha value is -2.40. The van der Waals surface area contributed by atoms with Gasteiger partial charge in [-0.25, -0.2) is 4.98 Å². The summed E-state index contributed by atoms with van der Waals surface area (Å²) < 4.78 is 0. The molecule has 4 rings (SSSR count). The lowest BCUT2D eigenvalue weighted by atomic mass is 9.98. The van der Waals surface area contributed by atoms with Crippen LogP contribution >= 0.6 is 0 Å². The van der Waals surface area contributed by atoms with Gasteiger partial charge in [0.2, 0.25) is 5.91 Å². The van der Waals surface area contributed by atoms with Crippen LogP contribution in [0.2, 0.25) is 0 Å². The van der Waals surface area contributed by atoms with E-state index in [2.05, 4.69) is 35.3 Å². The first kappa shape index (κ1) is 20.3. The lowest BCUT2D eigenvalue weighted by Gasteiger charge is -2.33. The molecular weight excluding hydrogens is 348 g/mol. The quantitative estimate of drug-likeness (QED) is 0.836. The van der Waals surface area contributed by atoms with Crippen LogP contribution < -0.4 is 16.0 Å². The second-order valence-electron chi connectivity index (χ2n) is 7.86. The monoisotopic (exact) mass is 380 g/mol. The third-order valence-corrected chi connectivity index (χ3v) is 5.62. The molecule has 1 aliphatic heterocycles. The summed E-state index contributed by atoms with van der Waals surface area (Å²) in [5.41, 5.74) is 11.7. The molecule has 0 bridgehead atoms. The number of pyridine rings is 1. The average molecular weight is 381 g/mol. The zero-order chi connectivity index (χ0) is 18.8. The molecule has 5 nitrogen and oxygen atoms in total. The van der Waals surface area contributed by atoms with Gasteiger partial charge in [-0.3, -0.25) is 4.79 Å². The van der Waals surface area contributed by atoms with Crippen LogP contribution in [0.25, 0.3) is 0 Å². The standard InChI is InChI=1S/C22H28N4O.CH4/c1-15-14-26(10-9-24-15)22-13-18(19-3-2-4-20(19)25-22)11-16-5-7-17(8-6-16)12-21(23)27;/h5-8,13,15,24H,2-4,9-12,14H2,1H3,(H2,23,27);1H4/t15-;/m1./s1. The third-order valence-electron chi connectivity index (χ3n) is 5.62. The number of anilines is 1. The van der Waals surface area contributed by atoms with Gasteiger partial charge in [0, 0.05) is 31.4 Å². The Balaban J connectivity index is 0.00000225. The summed E-state index contributed by atoms with van der Waals surface area (Å²) in [5, 5.41) is 3.50. The van der Waals surface area contributed by atoms with Crippen molar-refractivity contribution in [3.63, 3.8) is 0 Å². The maximum atomic E-state index is 11.1. The highest BCUT2D eigenvalue weighted by Crippen LogP contribution is 2.30. The highest BCUT2D eigenvalue weighted by molar-refractivity contribution is 5.76. The van der Waals surface area contributed by atoms with E-state index in [0.29, 0.717) is 12.5 Å². The zero-order valence-corrected chi connectivity index (χ0v) is 16.0. The van der Waals surface area contributed by atoms with E-state index in [1.807, 2.05) is 12.1 Å². The molecule has 1 aromatic carbocycles. The number of piperazine rings is 1. The van der Waals surface area contributed by atoms with Crippen LogP contribution in [-0.2, 0) is 30.5 Å². The summed E-state index contributed by atoms with van der Waals surface area (Å²) in [7, 11) is 0. The van der Waals surface area contributed by atoms with Crippen molar-refractivity contribution in [2.75, 3.05) is 24.5 Å². The van der Waals surface area contributed by atoms with Crippen LogP contribution in [0.1, 0.15) is 48.7 Å². The van der Waals surface area contributed by atoms with E-state index in [0.717, 1.165) is 50.3 Å². The van der Waals surface area contributed by atoms with E-state index in [9.17, 15) is 4.79 Å². The van der Waals surface area contributed by atoms with E-state index < -0.39 is 0 Å². The highest BCUT2D eigenvalue weighted by Gasteiger charge is 2.22. The van der Waals surface area contributed by atoms with Crippen LogP contribution in [0.4, 0.5) is 5.82 Å². The molecule has 1 atom stereocenters. The molecule has 28 heavy (non-hydrogen) atoms. The van der Waals surface area contributed by atoms with Crippen molar-refractivity contribution in [2.45, 2.75) is 52.5 Å². The minimum atomic E-state index is -0.287. The van der Waals surface area contributed by atoms with E-state index >= 15 is 0 Å². The Morgan fingerprint density at radius 2 is 2.00 bits per heavy atom. The number of fused-ring (bicyclic) bond motifs is 1. The molecule has 1 aromatic heterocycles. The minimum Gasteiger partial charge on any atom is -0.369 e. The lowest BCUT2D eigenvalue weighted by Crippen LogP contribution is -2.49. The molecule has 1 aliphatic carbocycles. The number of aryl methyl sites for hydroxylation is 1. The van der Waals surface area contributed by atoms with Crippen molar-refractivity contribution in [1.29, 1.82) is 0 Å². The number of amides is 1. The summed E-state index contributed by atoms with van der Waals surface area (Å²) in [6.45, 7) is 5.26. The predicted molar refractivity (Wildman–Crippen MR) is 115 cm³/mol. The van der Waals surface area contributed by atoms with Crippen LogP contribution in [-0.4, -0.2) is 36.6 Å². The molecule has 150 valence electrons. The van der Waals surface area contributed by atoms with Crippen LogP contribution in [0, 0.1) is 0 Å². The molecule has 2 heterocycles. The van der Waals surface area contributed by atoms with E-state index in [1.165, 1.54) is 28.8 Å². The van der Waals surface area contributed by atoms with Gasteiger partial charge in [-0.05, 0) is 60.9 Å². The molecule has 1 amide bonds. The fourth-order valence-corrected chi connectivity index (χ4v) is 4.27. The number of carbonyl (C=O) groups excluding carboxylic acids is 1. The topological polar surface area (TPSA) is 71.2 Å². The number of rotatable bonds is 5. The molecule has 2 aromatic rings. The van der Waals surface area contributed by atoms with Crippen molar-refractivity contribution in [1.82, 2.24) is 10.3 Å². The first-order chi connectivity index (χ1) is 13.1. The van der Waals surface area contributed by atoms with E-state index in [-0.39, 0.29) is 13.3 Å². The highest BCUT2D eigenvalue weighted by atomic mass is 16.1. The number of hydrogen-bond acceptors (Lipinski definition) is 4. The number of nitrogens with zero attached hydrogens (tertiary/aromatic N) is 2. The van der Waals surface area contributed by atoms with Gasteiger partial charge in [0.25, 0.3) is 0 Å². The Kier molecular flexibility index (Phi) is 6.35. The van der Waals surface area contributed by atoms with Crippen molar-refractivity contribution >= 4 is 11.7 Å². The Morgan fingerprint density at radius 3 is 2.71 bits per heavy atom. The molecule has 1 saturated heterocycles. The van der Waals surface area contributed by atoms with Crippen molar-refractivity contribution < 1.29 is 4.79 Å². The normalized spacial score (nSPS) is 18.5. The summed E-state index contributed by atoms with van der Waals surface area (Å²) in [5.74, 6) is 0.842. The summed E-state index contributed by atoms with van der Waals surface area (Å²) in [6, 6.07) is 11.1. The van der Waals surface area contributed by atoms with E-state index in [4.69, 9.17) is 10.7 Å². The molecule has 0 saturated carbocycles. The predicted octanol–water partition coefficient (Wildman–Crippen LogP) is 2.62. The first-order valence-corrected chi connectivity index (χ1v) is 9.94. The molecule has 0 radical (unpaired) electrons. The van der Waals surface area contributed by atoms with Crippen LogP contribution in [0.3, 0.4) is 0 Å². The minimum absolute atomic E-state index is 0. The van der Waals surface area contributed by atoms with Crippen LogP contribution in [0.5, 0.6) is 0 Å². The molecule has 0 spiro atoms. The van der Waals surface area contributed by atoms with Crippen LogP contribution in [0.15, 0.2) is 30.3 Å². The molecule has 0 unspecified atom stereocenters. The molecule has 3 N–H and O–H groups in total. The maximum absolute atomic E-state index is 11.1. The molecule has 1 fully saturated rings. The second-order valence-corrected chi connectivity index (χ2v) is 7.86. The summed E-state index contributed by atoms with van der Waals surface area (Å²) in [6.07, 6.45) is 4.64. The van der Waals surface area contributed by atoms with Gasteiger partial charge in [-0.2, -0.15) is 0 Å². The summed E-state index contributed by atoms with van der Waals surface area (Å²) in [4.78, 5) is 18.5. The Bertz CT molecular complexity index is 831. The van der Waals surface area contributed by atoms with Crippen molar-refractivity contribution in [3.8, 4) is 0 Å². The third kappa shape index (κ3) is 4.53. The van der Waals surface area contributed by atoms with E-state index in [1.54, 1.807) is 0 Å². The Morgan fingerprint density at radius 1 is 1.25 bits per heavy atom. The SMILES string of the molecule is C.C[C@@H]1CN(c2cc(Cc3ccc(CC(N)=O)cc3)c3c(n2)CCC3)CCN1. The fourth-order valence-electron chi connectivity index (χ4n) is 4.27.